The molecule has 0 saturated carbocycles. The Labute approximate surface area is 168 Å². The SMILES string of the molecule is Cc1ccc(C)c(OCCC(=O)OCC(=O)NCc2ccc(Cl)cc2Cl)c1. The summed E-state index contributed by atoms with van der Waals surface area (Å²) in [7, 11) is 0. The minimum atomic E-state index is -0.500. The third kappa shape index (κ3) is 7.12. The Morgan fingerprint density at radius 1 is 1.07 bits per heavy atom. The van der Waals surface area contributed by atoms with Crippen molar-refractivity contribution in [1.29, 1.82) is 0 Å². The number of rotatable bonds is 8. The highest BCUT2D eigenvalue weighted by atomic mass is 35.5. The Hall–Kier alpha value is -2.24. The second-order valence-electron chi connectivity index (χ2n) is 6.04. The molecule has 0 aliphatic carbocycles. The standard InChI is InChI=1S/C20H21Cl2NO4/c1-13-3-4-14(2)18(9-13)26-8-7-20(25)27-12-19(24)23-11-15-5-6-16(21)10-17(15)22/h3-6,9-10H,7-8,11-12H2,1-2H3,(H,23,24). The molecule has 27 heavy (non-hydrogen) atoms. The lowest BCUT2D eigenvalue weighted by Gasteiger charge is -2.10. The van der Waals surface area contributed by atoms with E-state index in [0.29, 0.717) is 10.0 Å². The van der Waals surface area contributed by atoms with E-state index in [2.05, 4.69) is 5.32 Å². The van der Waals surface area contributed by atoms with E-state index in [4.69, 9.17) is 32.7 Å². The van der Waals surface area contributed by atoms with Crippen molar-refractivity contribution in [2.24, 2.45) is 0 Å². The van der Waals surface area contributed by atoms with E-state index in [1.807, 2.05) is 32.0 Å². The van der Waals surface area contributed by atoms with Crippen molar-refractivity contribution in [3.05, 3.63) is 63.1 Å². The first-order chi connectivity index (χ1) is 12.8. The molecule has 0 atom stereocenters. The minimum absolute atomic E-state index is 0.0592. The number of amides is 1. The summed E-state index contributed by atoms with van der Waals surface area (Å²) >= 11 is 11.9. The predicted molar refractivity (Wildman–Crippen MR) is 105 cm³/mol. The first-order valence-corrected chi connectivity index (χ1v) is 9.17. The fraction of sp³-hybridized carbons (Fsp3) is 0.300. The Kier molecular flexibility index (Phi) is 7.95. The van der Waals surface area contributed by atoms with Crippen LogP contribution >= 0.6 is 23.2 Å². The molecule has 0 radical (unpaired) electrons. The molecule has 0 unspecified atom stereocenters. The number of hydrogen-bond donors (Lipinski definition) is 1. The van der Waals surface area contributed by atoms with Gasteiger partial charge in [-0.3, -0.25) is 9.59 Å². The second kappa shape index (κ2) is 10.2. The number of carbonyl (C=O) groups excluding carboxylic acids is 2. The number of carbonyl (C=O) groups is 2. The molecule has 0 aliphatic rings. The summed E-state index contributed by atoms with van der Waals surface area (Å²) in [6.45, 7) is 3.96. The molecule has 1 N–H and O–H groups in total. The number of hydrogen-bond acceptors (Lipinski definition) is 4. The highest BCUT2D eigenvalue weighted by Crippen LogP contribution is 2.21. The van der Waals surface area contributed by atoms with Crippen molar-refractivity contribution in [3.8, 4) is 5.75 Å². The van der Waals surface area contributed by atoms with Crippen LogP contribution in [0.3, 0.4) is 0 Å². The van der Waals surface area contributed by atoms with Crippen molar-refractivity contribution < 1.29 is 19.1 Å². The third-order valence-electron chi connectivity index (χ3n) is 3.76. The molecule has 0 aliphatic heterocycles. The highest BCUT2D eigenvalue weighted by Gasteiger charge is 2.09. The van der Waals surface area contributed by atoms with Crippen LogP contribution in [0.5, 0.6) is 5.75 Å². The van der Waals surface area contributed by atoms with E-state index in [1.54, 1.807) is 18.2 Å². The molecular weight excluding hydrogens is 389 g/mol. The molecule has 1 amide bonds. The lowest BCUT2D eigenvalue weighted by molar-refractivity contribution is -0.149. The van der Waals surface area contributed by atoms with E-state index >= 15 is 0 Å². The molecule has 0 aromatic heterocycles. The zero-order valence-electron chi connectivity index (χ0n) is 15.2. The topological polar surface area (TPSA) is 64.6 Å². The van der Waals surface area contributed by atoms with Gasteiger partial charge < -0.3 is 14.8 Å². The molecule has 0 bridgehead atoms. The van der Waals surface area contributed by atoms with Crippen LogP contribution in [0, 0.1) is 13.8 Å². The van der Waals surface area contributed by atoms with Crippen LogP contribution in [-0.4, -0.2) is 25.1 Å². The lowest BCUT2D eigenvalue weighted by atomic mass is 10.1. The van der Waals surface area contributed by atoms with Gasteiger partial charge in [-0.2, -0.15) is 0 Å². The second-order valence-corrected chi connectivity index (χ2v) is 6.88. The van der Waals surface area contributed by atoms with E-state index in [0.717, 1.165) is 22.4 Å². The monoisotopic (exact) mass is 409 g/mol. The van der Waals surface area contributed by atoms with Crippen LogP contribution in [0.15, 0.2) is 36.4 Å². The minimum Gasteiger partial charge on any atom is -0.493 e. The van der Waals surface area contributed by atoms with Crippen LogP contribution in [0.25, 0.3) is 0 Å². The maximum atomic E-state index is 11.8. The fourth-order valence-corrected chi connectivity index (χ4v) is 2.71. The number of nitrogens with one attached hydrogen (secondary N) is 1. The third-order valence-corrected chi connectivity index (χ3v) is 4.35. The van der Waals surface area contributed by atoms with Gasteiger partial charge in [0.25, 0.3) is 5.91 Å². The maximum absolute atomic E-state index is 11.8. The molecule has 0 heterocycles. The summed E-state index contributed by atoms with van der Waals surface area (Å²) < 4.78 is 10.5. The van der Waals surface area contributed by atoms with Gasteiger partial charge in [-0.05, 0) is 48.7 Å². The number of halogens is 2. The number of ether oxygens (including phenoxy) is 2. The Morgan fingerprint density at radius 3 is 2.59 bits per heavy atom. The first-order valence-electron chi connectivity index (χ1n) is 8.41. The van der Waals surface area contributed by atoms with Gasteiger partial charge in [0.2, 0.25) is 0 Å². The quantitative estimate of drug-likeness (QED) is 0.662. The smallest absolute Gasteiger partial charge is 0.309 e. The first kappa shape index (κ1) is 21.1. The molecule has 0 fully saturated rings. The van der Waals surface area contributed by atoms with Crippen LogP contribution in [0.2, 0.25) is 10.0 Å². The predicted octanol–water partition coefficient (Wildman–Crippen LogP) is 4.24. The maximum Gasteiger partial charge on any atom is 0.309 e. The van der Waals surface area contributed by atoms with E-state index in [1.165, 1.54) is 0 Å². The normalized spacial score (nSPS) is 10.4. The lowest BCUT2D eigenvalue weighted by Crippen LogP contribution is -2.28. The molecule has 5 nitrogen and oxygen atoms in total. The Balaban J connectivity index is 1.67. The summed E-state index contributed by atoms with van der Waals surface area (Å²) in [4.78, 5) is 23.5. The molecule has 7 heteroatoms. The van der Waals surface area contributed by atoms with Gasteiger partial charge in [-0.15, -0.1) is 0 Å². The fourth-order valence-electron chi connectivity index (χ4n) is 2.24. The average Bonchev–Trinajstić information content (AvgIpc) is 2.62. The van der Waals surface area contributed by atoms with Crippen molar-refractivity contribution in [2.75, 3.05) is 13.2 Å². The van der Waals surface area contributed by atoms with Crippen LogP contribution in [0.4, 0.5) is 0 Å². The van der Waals surface area contributed by atoms with E-state index in [9.17, 15) is 9.59 Å². The molecular formula is C20H21Cl2NO4. The summed E-state index contributed by atoms with van der Waals surface area (Å²) in [6, 6.07) is 10.9. The molecule has 0 spiro atoms. The molecule has 0 saturated heterocycles. The van der Waals surface area contributed by atoms with Gasteiger partial charge in [0.05, 0.1) is 13.0 Å². The van der Waals surface area contributed by atoms with Crippen molar-refractivity contribution in [2.45, 2.75) is 26.8 Å². The summed E-state index contributed by atoms with van der Waals surface area (Å²) in [6.07, 6.45) is 0.0592. The number of benzene rings is 2. The molecule has 144 valence electrons. The van der Waals surface area contributed by atoms with E-state index < -0.39 is 11.9 Å². The summed E-state index contributed by atoms with van der Waals surface area (Å²) in [5.41, 5.74) is 2.80. The van der Waals surface area contributed by atoms with Gasteiger partial charge in [0.15, 0.2) is 6.61 Å². The van der Waals surface area contributed by atoms with Crippen LogP contribution in [0.1, 0.15) is 23.1 Å². The molecule has 2 aromatic carbocycles. The van der Waals surface area contributed by atoms with Crippen molar-refractivity contribution >= 4 is 35.1 Å². The van der Waals surface area contributed by atoms with Gasteiger partial charge in [0.1, 0.15) is 5.75 Å². The number of esters is 1. The van der Waals surface area contributed by atoms with Crippen LogP contribution in [-0.2, 0) is 20.9 Å². The summed E-state index contributed by atoms with van der Waals surface area (Å²) in [5.74, 6) is -0.176. The number of aryl methyl sites for hydroxylation is 2. The summed E-state index contributed by atoms with van der Waals surface area (Å²) in [5, 5.41) is 3.62. The van der Waals surface area contributed by atoms with Gasteiger partial charge in [-0.25, -0.2) is 0 Å². The van der Waals surface area contributed by atoms with Crippen LogP contribution < -0.4 is 10.1 Å². The molecule has 2 rings (SSSR count). The molecule has 2 aromatic rings. The Morgan fingerprint density at radius 2 is 1.85 bits per heavy atom. The largest absolute Gasteiger partial charge is 0.493 e. The Bertz CT molecular complexity index is 824. The average molecular weight is 410 g/mol. The van der Waals surface area contributed by atoms with E-state index in [-0.39, 0.29) is 26.2 Å². The zero-order chi connectivity index (χ0) is 19.8. The zero-order valence-corrected chi connectivity index (χ0v) is 16.7. The van der Waals surface area contributed by atoms with Crippen molar-refractivity contribution in [3.63, 3.8) is 0 Å². The van der Waals surface area contributed by atoms with Crippen molar-refractivity contribution in [1.82, 2.24) is 5.32 Å². The van der Waals surface area contributed by atoms with Gasteiger partial charge >= 0.3 is 5.97 Å². The highest BCUT2D eigenvalue weighted by molar-refractivity contribution is 6.35. The van der Waals surface area contributed by atoms with Gasteiger partial charge in [0, 0.05) is 16.6 Å². The van der Waals surface area contributed by atoms with Gasteiger partial charge in [-0.1, -0.05) is 41.4 Å².